The van der Waals surface area contributed by atoms with Crippen molar-refractivity contribution in [2.75, 3.05) is 45.4 Å². The van der Waals surface area contributed by atoms with Crippen molar-refractivity contribution in [3.63, 3.8) is 0 Å². The lowest BCUT2D eigenvalue weighted by atomic mass is 10.6. The smallest absolute Gasteiger partial charge is 0.191 e. The van der Waals surface area contributed by atoms with Gasteiger partial charge in [0.05, 0.1) is 12.4 Å². The monoisotopic (exact) mass is 379 g/mol. The third-order valence-corrected chi connectivity index (χ3v) is 3.67. The van der Waals surface area contributed by atoms with Crippen LogP contribution < -0.4 is 10.6 Å². The van der Waals surface area contributed by atoms with Gasteiger partial charge in [0.2, 0.25) is 0 Å². The Hall–Kier alpha value is -0.0900. The lowest BCUT2D eigenvalue weighted by Crippen LogP contribution is -2.40. The van der Waals surface area contributed by atoms with E-state index in [0.717, 1.165) is 0 Å². The molecule has 0 aromatic carbocycles. The Morgan fingerprint density at radius 2 is 1.88 bits per heavy atom. The van der Waals surface area contributed by atoms with Crippen LogP contribution >= 0.6 is 24.0 Å². The standard InChI is InChI=1S/C9H21N3O3S.HI/c1-4-16(13,14)8-6-12-9(10-2)11-5-7-15-3;/h4-8H2,1-3H3,(H2,10,11,12);1H. The summed E-state index contributed by atoms with van der Waals surface area (Å²) in [6.45, 7) is 3.22. The maximum Gasteiger partial charge on any atom is 0.191 e. The van der Waals surface area contributed by atoms with Crippen molar-refractivity contribution in [1.82, 2.24) is 10.6 Å². The summed E-state index contributed by atoms with van der Waals surface area (Å²) in [5.41, 5.74) is 0. The summed E-state index contributed by atoms with van der Waals surface area (Å²) in [5, 5.41) is 5.92. The van der Waals surface area contributed by atoms with E-state index in [1.54, 1.807) is 21.1 Å². The molecule has 104 valence electrons. The van der Waals surface area contributed by atoms with E-state index in [9.17, 15) is 8.42 Å². The van der Waals surface area contributed by atoms with Crippen molar-refractivity contribution in [3.05, 3.63) is 0 Å². The molecule has 0 aromatic heterocycles. The molecule has 0 atom stereocenters. The highest BCUT2D eigenvalue weighted by atomic mass is 127. The zero-order valence-corrected chi connectivity index (χ0v) is 13.7. The molecule has 2 N–H and O–H groups in total. The second-order valence-electron chi connectivity index (χ2n) is 3.15. The largest absolute Gasteiger partial charge is 0.383 e. The van der Waals surface area contributed by atoms with Crippen LogP contribution in [0, 0.1) is 0 Å². The Bertz CT molecular complexity index is 307. The average molecular weight is 379 g/mol. The highest BCUT2D eigenvalue weighted by molar-refractivity contribution is 14.0. The van der Waals surface area contributed by atoms with Gasteiger partial charge >= 0.3 is 0 Å². The SMILES string of the molecule is CCS(=O)(=O)CCNC(=NC)NCCOC.I. The lowest BCUT2D eigenvalue weighted by molar-refractivity contribution is 0.203. The van der Waals surface area contributed by atoms with E-state index in [1.807, 2.05) is 0 Å². The van der Waals surface area contributed by atoms with Gasteiger partial charge in [-0.25, -0.2) is 8.42 Å². The van der Waals surface area contributed by atoms with Gasteiger partial charge in [-0.05, 0) is 0 Å². The number of hydrogen-bond acceptors (Lipinski definition) is 4. The van der Waals surface area contributed by atoms with E-state index in [2.05, 4.69) is 15.6 Å². The quantitative estimate of drug-likeness (QED) is 0.278. The van der Waals surface area contributed by atoms with Crippen LogP contribution in [0.3, 0.4) is 0 Å². The van der Waals surface area contributed by atoms with Crippen LogP contribution in [-0.4, -0.2) is 59.7 Å². The molecule has 0 radical (unpaired) electrons. The fourth-order valence-corrected chi connectivity index (χ4v) is 1.66. The molecule has 0 aromatic rings. The van der Waals surface area contributed by atoms with E-state index in [-0.39, 0.29) is 35.5 Å². The number of halogens is 1. The topological polar surface area (TPSA) is 79.8 Å². The van der Waals surface area contributed by atoms with Gasteiger partial charge in [-0.2, -0.15) is 0 Å². The summed E-state index contributed by atoms with van der Waals surface area (Å²) in [7, 11) is 0.334. The van der Waals surface area contributed by atoms with Gasteiger partial charge in [0.1, 0.15) is 0 Å². The maximum absolute atomic E-state index is 11.2. The summed E-state index contributed by atoms with van der Waals surface area (Å²) in [4.78, 5) is 3.95. The minimum Gasteiger partial charge on any atom is -0.383 e. The molecule has 17 heavy (non-hydrogen) atoms. The first-order valence-electron chi connectivity index (χ1n) is 5.19. The Balaban J connectivity index is 0. The van der Waals surface area contributed by atoms with E-state index >= 15 is 0 Å². The second-order valence-corrected chi connectivity index (χ2v) is 5.63. The lowest BCUT2D eigenvalue weighted by Gasteiger charge is -2.11. The molecule has 0 bridgehead atoms. The van der Waals surface area contributed by atoms with E-state index in [4.69, 9.17) is 4.74 Å². The van der Waals surface area contributed by atoms with Crippen molar-refractivity contribution < 1.29 is 13.2 Å². The third kappa shape index (κ3) is 10.8. The summed E-state index contributed by atoms with van der Waals surface area (Å²) in [6.07, 6.45) is 0. The molecule has 0 rings (SSSR count). The van der Waals surface area contributed by atoms with Crippen molar-refractivity contribution in [3.8, 4) is 0 Å². The van der Waals surface area contributed by atoms with E-state index in [1.165, 1.54) is 0 Å². The van der Waals surface area contributed by atoms with Crippen molar-refractivity contribution >= 4 is 39.8 Å². The number of nitrogens with zero attached hydrogens (tertiary/aromatic N) is 1. The maximum atomic E-state index is 11.2. The van der Waals surface area contributed by atoms with Crippen LogP contribution in [0.2, 0.25) is 0 Å². The van der Waals surface area contributed by atoms with Gasteiger partial charge in [0, 0.05) is 33.0 Å². The first-order chi connectivity index (χ1) is 7.55. The number of ether oxygens (including phenoxy) is 1. The molecule has 0 heterocycles. The number of methoxy groups -OCH3 is 1. The van der Waals surface area contributed by atoms with Crippen LogP contribution in [0.1, 0.15) is 6.92 Å². The van der Waals surface area contributed by atoms with E-state index < -0.39 is 9.84 Å². The molecular weight excluding hydrogens is 357 g/mol. The van der Waals surface area contributed by atoms with Gasteiger partial charge in [-0.1, -0.05) is 6.92 Å². The van der Waals surface area contributed by atoms with Crippen molar-refractivity contribution in [2.24, 2.45) is 4.99 Å². The highest BCUT2D eigenvalue weighted by Crippen LogP contribution is 1.86. The molecule has 0 spiro atoms. The number of rotatable bonds is 7. The number of sulfone groups is 1. The molecule has 0 aliphatic heterocycles. The van der Waals surface area contributed by atoms with Gasteiger partial charge in [0.15, 0.2) is 15.8 Å². The van der Waals surface area contributed by atoms with Crippen LogP contribution in [0.4, 0.5) is 0 Å². The van der Waals surface area contributed by atoms with E-state index in [0.29, 0.717) is 25.7 Å². The van der Waals surface area contributed by atoms with Gasteiger partial charge in [0.25, 0.3) is 0 Å². The first-order valence-corrected chi connectivity index (χ1v) is 7.01. The minimum atomic E-state index is -2.92. The van der Waals surface area contributed by atoms with Crippen molar-refractivity contribution in [2.45, 2.75) is 6.92 Å². The Morgan fingerprint density at radius 3 is 2.35 bits per heavy atom. The van der Waals surface area contributed by atoms with Crippen LogP contribution in [-0.2, 0) is 14.6 Å². The van der Waals surface area contributed by atoms with Gasteiger partial charge in [-0.3, -0.25) is 4.99 Å². The Kier molecular flexibility index (Phi) is 12.5. The highest BCUT2D eigenvalue weighted by Gasteiger charge is 2.06. The van der Waals surface area contributed by atoms with Crippen LogP contribution in [0.15, 0.2) is 4.99 Å². The molecule has 0 amide bonds. The summed E-state index contributed by atoms with van der Waals surface area (Å²) in [6, 6.07) is 0. The molecule has 0 fully saturated rings. The predicted octanol–water partition coefficient (Wildman–Crippen LogP) is -0.149. The molecule has 0 aliphatic carbocycles. The predicted molar refractivity (Wildman–Crippen MR) is 81.0 cm³/mol. The number of aliphatic imine (C=N–C) groups is 1. The number of nitrogens with one attached hydrogen (secondary N) is 2. The fourth-order valence-electron chi connectivity index (χ4n) is 0.961. The molecule has 8 heteroatoms. The Labute approximate surface area is 121 Å². The third-order valence-electron chi connectivity index (χ3n) is 1.97. The minimum absolute atomic E-state index is 0. The fraction of sp³-hybridized carbons (Fsp3) is 0.889. The second kappa shape index (κ2) is 11.0. The summed E-state index contributed by atoms with van der Waals surface area (Å²) in [5.74, 6) is 0.877. The normalized spacial score (nSPS) is 11.8. The molecule has 0 saturated heterocycles. The zero-order valence-electron chi connectivity index (χ0n) is 10.5. The molecule has 0 aliphatic rings. The molecule has 0 unspecified atom stereocenters. The number of guanidine groups is 1. The molecule has 0 saturated carbocycles. The van der Waals surface area contributed by atoms with Gasteiger partial charge < -0.3 is 15.4 Å². The van der Waals surface area contributed by atoms with Crippen molar-refractivity contribution in [1.29, 1.82) is 0 Å². The van der Waals surface area contributed by atoms with Crippen LogP contribution in [0.5, 0.6) is 0 Å². The summed E-state index contributed by atoms with van der Waals surface area (Å²) < 4.78 is 27.3. The average Bonchev–Trinajstić information content (AvgIpc) is 2.27. The summed E-state index contributed by atoms with van der Waals surface area (Å²) >= 11 is 0. The first kappa shape index (κ1) is 19.3. The Morgan fingerprint density at radius 1 is 1.29 bits per heavy atom. The van der Waals surface area contributed by atoms with Gasteiger partial charge in [-0.15, -0.1) is 24.0 Å². The van der Waals surface area contributed by atoms with Crippen LogP contribution in [0.25, 0.3) is 0 Å². The molecular formula is C9H22IN3O3S. The molecule has 6 nitrogen and oxygen atoms in total. The zero-order chi connectivity index (χ0) is 12.4. The number of hydrogen-bond donors (Lipinski definition) is 2.